The lowest BCUT2D eigenvalue weighted by Crippen LogP contribution is -2.48. The van der Waals surface area contributed by atoms with E-state index < -0.39 is 0 Å². The average molecular weight is 1820 g/mol. The number of nitrogens with zero attached hydrogens (tertiary/aromatic N) is 6. The zero-order valence-electron chi connectivity index (χ0n) is 81.0. The Kier molecular flexibility index (Phi) is 37.3. The van der Waals surface area contributed by atoms with Crippen LogP contribution in [0.4, 0.5) is 11.4 Å². The van der Waals surface area contributed by atoms with Crippen molar-refractivity contribution in [2.24, 2.45) is 0 Å². The summed E-state index contributed by atoms with van der Waals surface area (Å²) in [6.45, 7) is 27.4. The summed E-state index contributed by atoms with van der Waals surface area (Å²) in [5.41, 5.74) is 28.4. The van der Waals surface area contributed by atoms with Gasteiger partial charge in [-0.05, 0) is 365 Å². The van der Waals surface area contributed by atoms with Gasteiger partial charge in [0, 0.05) is 114 Å². The quantitative estimate of drug-likeness (QED) is 0.0187. The highest BCUT2D eigenvalue weighted by molar-refractivity contribution is 6.02. The lowest BCUT2D eigenvalue weighted by molar-refractivity contribution is 0.172. The molecule has 14 heteroatoms. The number of benzene rings is 12. The third-order valence-electron chi connectivity index (χ3n) is 27.9. The van der Waals surface area contributed by atoms with E-state index >= 15 is 0 Å². The number of aliphatic hydroxyl groups excluding tert-OH is 4. The van der Waals surface area contributed by atoms with E-state index in [0.717, 1.165) is 153 Å². The van der Waals surface area contributed by atoms with Gasteiger partial charge in [0.25, 0.3) is 0 Å². The molecule has 12 aromatic carbocycles. The summed E-state index contributed by atoms with van der Waals surface area (Å²) >= 11 is 0. The van der Waals surface area contributed by atoms with E-state index in [-0.39, 0.29) is 49.4 Å². The van der Waals surface area contributed by atoms with Crippen LogP contribution >= 0.6 is 0 Å². The van der Waals surface area contributed by atoms with Gasteiger partial charge in [0.15, 0.2) is 0 Å². The van der Waals surface area contributed by atoms with Gasteiger partial charge in [0.1, 0.15) is 23.0 Å². The van der Waals surface area contributed by atoms with Crippen LogP contribution in [0.2, 0.25) is 0 Å². The standard InChI is InChI=1S/C31H35NO2.C31H37NO2.2C30H36N2O2/c33-21-5-10-30(24-6-2-1-3-7-24)31(25-11-15-29(34)16-12-25)27-9-4-8-26(22-27)23-17-19-32(20-18-23)28-13-14-28;1-23(2)32-19-17-24(18-20-32)27-10-6-11-28(22-27)31(26-13-15-29(34)16-14-26)30(12-7-21-33)25-8-4-3-5-9-25;1-23(2)31-16-18-32(19-17-31)27-13-6-11-25(21-27)30(26-12-7-14-28(34)22-26)29(15-8-20-33)24-9-4-3-5-10-24;1-23(2)31-17-19-32(20-18-31)27-11-6-10-26(22-27)30(25-13-15-28(34)16-14-25)29(12-7-21-33)24-8-4-3-5-9-24/h1-4,6-9,11-12,15-16,22-23,28,33-34H,5,10,13-14,17-21H2;3-6,8-11,13-16,22-24,33-34H,7,12,17-21H2,1-2H3;3-7,9-14,21-23,33-34H,8,15-20H2,1-2H3;3-6,8-11,13-16,22-23,33-34H,7,12,17-21H2,1-2H3/b2*31-30-;30-29+;30-29-. The first-order chi connectivity index (χ1) is 66.4. The second-order valence-electron chi connectivity index (χ2n) is 37.9. The van der Waals surface area contributed by atoms with E-state index in [1.807, 2.05) is 72.8 Å². The van der Waals surface area contributed by atoms with Gasteiger partial charge in [0.2, 0.25) is 0 Å². The highest BCUT2D eigenvalue weighted by Gasteiger charge is 2.33. The molecular formula is C122H144N6O8. The van der Waals surface area contributed by atoms with Crippen LogP contribution in [0.1, 0.15) is 221 Å². The summed E-state index contributed by atoms with van der Waals surface area (Å²) < 4.78 is 0. The van der Waals surface area contributed by atoms with Crippen molar-refractivity contribution in [2.45, 2.75) is 167 Å². The number of hydrogen-bond acceptors (Lipinski definition) is 14. The molecule has 0 spiro atoms. The molecule has 1 saturated carbocycles. The van der Waals surface area contributed by atoms with Crippen LogP contribution in [-0.4, -0.2) is 190 Å². The number of phenolic OH excluding ortho intramolecular Hbond substituents is 4. The van der Waals surface area contributed by atoms with E-state index in [1.54, 1.807) is 42.5 Å². The number of allylic oxidation sites excluding steroid dienone is 4. The van der Waals surface area contributed by atoms with Crippen molar-refractivity contribution in [3.05, 3.63) is 393 Å². The number of rotatable bonds is 32. The first-order valence-electron chi connectivity index (χ1n) is 50.1. The minimum atomic E-state index is 0.143. The predicted octanol–water partition coefficient (Wildman–Crippen LogP) is 24.5. The van der Waals surface area contributed by atoms with Crippen LogP contribution in [0.25, 0.3) is 44.6 Å². The van der Waals surface area contributed by atoms with Crippen LogP contribution in [-0.2, 0) is 0 Å². The molecule has 12 aromatic rings. The Morgan fingerprint density at radius 1 is 0.243 bits per heavy atom. The van der Waals surface area contributed by atoms with E-state index in [0.29, 0.717) is 55.6 Å². The molecule has 4 heterocycles. The zero-order valence-corrected chi connectivity index (χ0v) is 81.0. The number of piperidine rings is 2. The van der Waals surface area contributed by atoms with Crippen molar-refractivity contribution < 1.29 is 40.9 Å². The van der Waals surface area contributed by atoms with Crippen molar-refractivity contribution in [3.63, 3.8) is 0 Å². The predicted molar refractivity (Wildman–Crippen MR) is 566 cm³/mol. The number of piperazine rings is 2. The van der Waals surface area contributed by atoms with Crippen molar-refractivity contribution >= 4 is 56.0 Å². The SMILES string of the molecule is CC(C)N1CCC(c2cccc(/C(=C(/CCCO)c3ccccc3)c3ccc(O)cc3)c2)CC1.CC(C)N1CCN(c2cccc(/C(=C(/CCCO)c3ccccc3)c3ccc(O)cc3)c2)CC1.CC(C)N1CCN(c2cccc(/C(=C(/CCCO)c3ccccc3)c3cccc(O)c3)c2)CC1.OCCC/C(=C(\c1ccc(O)cc1)c1cccc(C2CCN(C3CC3)CC2)c1)c1ccccc1. The molecule has 0 radical (unpaired) electrons. The van der Waals surface area contributed by atoms with Crippen LogP contribution in [0.3, 0.4) is 0 Å². The molecule has 17 rings (SSSR count). The molecule has 8 N–H and O–H groups in total. The summed E-state index contributed by atoms with van der Waals surface area (Å²) in [6.07, 6.45) is 13.5. The molecule has 136 heavy (non-hydrogen) atoms. The molecule has 0 aromatic heterocycles. The van der Waals surface area contributed by atoms with Crippen LogP contribution < -0.4 is 9.80 Å². The monoisotopic (exact) mass is 1820 g/mol. The Morgan fingerprint density at radius 2 is 0.507 bits per heavy atom. The average Bonchev–Trinajstić information content (AvgIpc) is 1.31. The minimum Gasteiger partial charge on any atom is -0.508 e. The molecular weight excluding hydrogens is 1680 g/mol. The maximum atomic E-state index is 10.3. The summed E-state index contributed by atoms with van der Waals surface area (Å²) in [6, 6.07) is 110. The maximum Gasteiger partial charge on any atom is 0.116 e. The van der Waals surface area contributed by atoms with Crippen molar-refractivity contribution in [3.8, 4) is 23.0 Å². The third-order valence-corrected chi connectivity index (χ3v) is 27.9. The normalized spacial score (nSPS) is 16.2. The Bertz CT molecular complexity index is 5390. The second kappa shape index (κ2) is 50.8. The van der Waals surface area contributed by atoms with E-state index in [2.05, 4.69) is 271 Å². The Hall–Kier alpha value is -11.9. The molecule has 0 amide bonds. The van der Waals surface area contributed by atoms with Gasteiger partial charge in [-0.15, -0.1) is 0 Å². The summed E-state index contributed by atoms with van der Waals surface area (Å²) in [4.78, 5) is 15.3. The number of likely N-dealkylation sites (tertiary alicyclic amines) is 2. The smallest absolute Gasteiger partial charge is 0.116 e. The largest absolute Gasteiger partial charge is 0.508 e. The number of aliphatic hydroxyl groups is 4. The molecule has 1 aliphatic carbocycles. The van der Waals surface area contributed by atoms with Crippen LogP contribution in [0.15, 0.2) is 315 Å². The Labute approximate surface area is 809 Å². The zero-order chi connectivity index (χ0) is 95.1. The molecule has 710 valence electrons. The van der Waals surface area contributed by atoms with Gasteiger partial charge in [-0.3, -0.25) is 9.80 Å². The Morgan fingerprint density at radius 3 is 0.801 bits per heavy atom. The number of phenols is 4. The van der Waals surface area contributed by atoms with E-state index in [9.17, 15) is 40.9 Å². The maximum absolute atomic E-state index is 10.3. The van der Waals surface area contributed by atoms with E-state index in [4.69, 9.17) is 0 Å². The molecule has 4 aliphatic heterocycles. The van der Waals surface area contributed by atoms with Crippen molar-refractivity contribution in [1.82, 2.24) is 19.6 Å². The highest BCUT2D eigenvalue weighted by atomic mass is 16.3. The number of anilines is 2. The lowest BCUT2D eigenvalue weighted by Gasteiger charge is -2.38. The second-order valence-corrected chi connectivity index (χ2v) is 37.9. The fourth-order valence-electron chi connectivity index (χ4n) is 20.2. The molecule has 0 atom stereocenters. The topological polar surface area (TPSA) is 181 Å². The van der Waals surface area contributed by atoms with Gasteiger partial charge in [-0.25, -0.2) is 0 Å². The first kappa shape index (κ1) is 100. The summed E-state index contributed by atoms with van der Waals surface area (Å²) in [5, 5.41) is 78.6. The highest BCUT2D eigenvalue weighted by Crippen LogP contribution is 2.45. The number of aromatic hydroxyl groups is 4. The molecule has 5 aliphatic rings. The third kappa shape index (κ3) is 27.5. The van der Waals surface area contributed by atoms with Gasteiger partial charge in [-0.1, -0.05) is 243 Å². The molecule has 4 saturated heterocycles. The minimum absolute atomic E-state index is 0.143. The van der Waals surface area contributed by atoms with Gasteiger partial charge in [-0.2, -0.15) is 0 Å². The molecule has 0 unspecified atom stereocenters. The van der Waals surface area contributed by atoms with Crippen LogP contribution in [0.5, 0.6) is 23.0 Å². The fourth-order valence-corrected chi connectivity index (χ4v) is 20.2. The van der Waals surface area contributed by atoms with E-state index in [1.165, 1.54) is 130 Å². The molecule has 14 nitrogen and oxygen atoms in total. The summed E-state index contributed by atoms with van der Waals surface area (Å²) in [5.74, 6) is 2.24. The van der Waals surface area contributed by atoms with Crippen molar-refractivity contribution in [1.29, 1.82) is 0 Å². The fraction of sp³-hybridized carbons (Fsp3) is 0.344. The van der Waals surface area contributed by atoms with Crippen molar-refractivity contribution in [2.75, 3.05) is 115 Å². The first-order valence-corrected chi connectivity index (χ1v) is 50.1. The lowest BCUT2D eigenvalue weighted by atomic mass is 9.84. The molecule has 5 fully saturated rings. The molecule has 0 bridgehead atoms. The number of hydrogen-bond donors (Lipinski definition) is 8. The van der Waals surface area contributed by atoms with Gasteiger partial charge < -0.3 is 60.5 Å². The summed E-state index contributed by atoms with van der Waals surface area (Å²) in [7, 11) is 0. The Balaban J connectivity index is 0.000000145. The van der Waals surface area contributed by atoms with Gasteiger partial charge >= 0.3 is 0 Å². The van der Waals surface area contributed by atoms with Gasteiger partial charge in [0.05, 0.1) is 0 Å². The van der Waals surface area contributed by atoms with Crippen LogP contribution in [0, 0.1) is 0 Å².